The van der Waals surface area contributed by atoms with Crippen LogP contribution in [0.3, 0.4) is 0 Å². The highest BCUT2D eigenvalue weighted by Gasteiger charge is 2.09. The summed E-state index contributed by atoms with van der Waals surface area (Å²) < 4.78 is 0. The summed E-state index contributed by atoms with van der Waals surface area (Å²) in [5, 5.41) is 5.80. The first-order valence-corrected chi connectivity index (χ1v) is 8.77. The molecular formula is C19H30N2O2. The predicted molar refractivity (Wildman–Crippen MR) is 95.7 cm³/mol. The molecule has 0 spiro atoms. The van der Waals surface area contributed by atoms with Crippen molar-refractivity contribution in [2.45, 2.75) is 71.8 Å². The van der Waals surface area contributed by atoms with E-state index in [4.69, 9.17) is 0 Å². The van der Waals surface area contributed by atoms with Crippen LogP contribution in [0.2, 0.25) is 0 Å². The van der Waals surface area contributed by atoms with Crippen molar-refractivity contribution in [3.8, 4) is 0 Å². The fourth-order valence-corrected chi connectivity index (χ4v) is 2.23. The highest BCUT2D eigenvalue weighted by Crippen LogP contribution is 2.12. The topological polar surface area (TPSA) is 58.2 Å². The number of benzene rings is 1. The van der Waals surface area contributed by atoms with E-state index in [2.05, 4.69) is 17.6 Å². The Kier molecular flexibility index (Phi) is 9.03. The molecule has 1 rings (SSSR count). The molecule has 2 amide bonds. The molecule has 0 radical (unpaired) electrons. The Labute approximate surface area is 140 Å². The summed E-state index contributed by atoms with van der Waals surface area (Å²) in [6.07, 6.45) is 7.14. The number of rotatable bonds is 10. The van der Waals surface area contributed by atoms with Crippen LogP contribution in [0.4, 0.5) is 5.69 Å². The first kappa shape index (κ1) is 19.2. The van der Waals surface area contributed by atoms with Crippen molar-refractivity contribution < 1.29 is 9.59 Å². The van der Waals surface area contributed by atoms with E-state index in [1.165, 1.54) is 19.3 Å². The molecule has 0 bridgehead atoms. The number of hydrogen-bond donors (Lipinski definition) is 2. The summed E-state index contributed by atoms with van der Waals surface area (Å²) in [4.78, 5) is 23.8. The lowest BCUT2D eigenvalue weighted by molar-refractivity contribution is -0.116. The molecular weight excluding hydrogens is 288 g/mol. The van der Waals surface area contributed by atoms with Gasteiger partial charge in [-0.15, -0.1) is 0 Å². The minimum Gasteiger partial charge on any atom is -0.350 e. The first-order chi connectivity index (χ1) is 11.1. The van der Waals surface area contributed by atoms with Crippen LogP contribution in [0.25, 0.3) is 0 Å². The van der Waals surface area contributed by atoms with E-state index >= 15 is 0 Å². The number of carbonyl (C=O) groups is 2. The number of carbonyl (C=O) groups excluding carboxylic acids is 2. The zero-order chi connectivity index (χ0) is 17.1. The van der Waals surface area contributed by atoms with Gasteiger partial charge in [0, 0.05) is 23.7 Å². The van der Waals surface area contributed by atoms with Gasteiger partial charge in [-0.25, -0.2) is 0 Å². The third kappa shape index (κ3) is 7.82. The monoisotopic (exact) mass is 318 g/mol. The lowest BCUT2D eigenvalue weighted by Crippen LogP contribution is -2.31. The zero-order valence-corrected chi connectivity index (χ0v) is 14.7. The van der Waals surface area contributed by atoms with Crippen LogP contribution in [0.1, 0.15) is 76.1 Å². The van der Waals surface area contributed by atoms with Gasteiger partial charge in [-0.3, -0.25) is 9.59 Å². The smallest absolute Gasteiger partial charge is 0.251 e. The van der Waals surface area contributed by atoms with Crippen molar-refractivity contribution in [1.82, 2.24) is 5.32 Å². The van der Waals surface area contributed by atoms with Crippen LogP contribution in [0.5, 0.6) is 0 Å². The number of anilines is 1. The summed E-state index contributed by atoms with van der Waals surface area (Å²) in [5.74, 6) is -0.0357. The molecule has 0 saturated carbocycles. The molecule has 0 saturated heterocycles. The highest BCUT2D eigenvalue weighted by molar-refractivity contribution is 5.95. The van der Waals surface area contributed by atoms with E-state index in [1.54, 1.807) is 24.3 Å². The van der Waals surface area contributed by atoms with Crippen molar-refractivity contribution in [2.75, 3.05) is 5.32 Å². The fraction of sp³-hybridized carbons (Fsp3) is 0.579. The van der Waals surface area contributed by atoms with Crippen molar-refractivity contribution in [3.63, 3.8) is 0 Å². The van der Waals surface area contributed by atoms with Gasteiger partial charge in [0.15, 0.2) is 0 Å². The Bertz CT molecular complexity index is 483. The minimum absolute atomic E-state index is 0.0401. The van der Waals surface area contributed by atoms with E-state index < -0.39 is 0 Å². The number of unbranched alkanes of at least 4 members (excludes halogenated alkanes) is 4. The van der Waals surface area contributed by atoms with Crippen LogP contribution in [0, 0.1) is 0 Å². The van der Waals surface area contributed by atoms with Gasteiger partial charge in [-0.2, -0.15) is 0 Å². The van der Waals surface area contributed by atoms with Crippen molar-refractivity contribution in [3.05, 3.63) is 29.8 Å². The van der Waals surface area contributed by atoms with Crippen LogP contribution in [0.15, 0.2) is 24.3 Å². The SMILES string of the molecule is CCCCCCCC(=O)Nc1ccc(C(=O)NC(C)CC)cc1. The summed E-state index contributed by atoms with van der Waals surface area (Å²) >= 11 is 0. The van der Waals surface area contributed by atoms with E-state index in [0.29, 0.717) is 12.0 Å². The van der Waals surface area contributed by atoms with Gasteiger partial charge in [-0.1, -0.05) is 39.5 Å². The summed E-state index contributed by atoms with van der Waals surface area (Å²) in [6.45, 7) is 6.19. The quantitative estimate of drug-likeness (QED) is 0.623. The lowest BCUT2D eigenvalue weighted by Gasteiger charge is -2.11. The molecule has 0 aliphatic rings. The van der Waals surface area contributed by atoms with Crippen molar-refractivity contribution in [2.24, 2.45) is 0 Å². The second-order valence-electron chi connectivity index (χ2n) is 6.07. The highest BCUT2D eigenvalue weighted by atomic mass is 16.2. The maximum Gasteiger partial charge on any atom is 0.251 e. The molecule has 1 unspecified atom stereocenters. The molecule has 1 aromatic rings. The third-order valence-electron chi connectivity index (χ3n) is 3.93. The van der Waals surface area contributed by atoms with Crippen LogP contribution < -0.4 is 10.6 Å². The largest absolute Gasteiger partial charge is 0.350 e. The molecule has 0 aliphatic carbocycles. The zero-order valence-electron chi connectivity index (χ0n) is 14.7. The van der Waals surface area contributed by atoms with Crippen molar-refractivity contribution in [1.29, 1.82) is 0 Å². The minimum atomic E-state index is -0.0758. The van der Waals surface area contributed by atoms with Crippen LogP contribution in [-0.2, 0) is 4.79 Å². The molecule has 0 aliphatic heterocycles. The Balaban J connectivity index is 2.38. The summed E-state index contributed by atoms with van der Waals surface area (Å²) in [6, 6.07) is 7.21. The van der Waals surface area contributed by atoms with Gasteiger partial charge in [-0.05, 0) is 44.0 Å². The van der Waals surface area contributed by atoms with Crippen LogP contribution >= 0.6 is 0 Å². The van der Waals surface area contributed by atoms with Gasteiger partial charge < -0.3 is 10.6 Å². The third-order valence-corrected chi connectivity index (χ3v) is 3.93. The van der Waals surface area contributed by atoms with E-state index in [0.717, 1.165) is 24.9 Å². The first-order valence-electron chi connectivity index (χ1n) is 8.77. The Hall–Kier alpha value is -1.84. The Morgan fingerprint density at radius 1 is 1.00 bits per heavy atom. The summed E-state index contributed by atoms with van der Waals surface area (Å²) in [7, 11) is 0. The fourth-order valence-electron chi connectivity index (χ4n) is 2.23. The van der Waals surface area contributed by atoms with E-state index in [1.807, 2.05) is 13.8 Å². The maximum atomic E-state index is 12.0. The molecule has 1 aromatic carbocycles. The lowest BCUT2D eigenvalue weighted by atomic mass is 10.1. The molecule has 0 fully saturated rings. The molecule has 4 nitrogen and oxygen atoms in total. The number of hydrogen-bond acceptors (Lipinski definition) is 2. The average Bonchev–Trinajstić information content (AvgIpc) is 2.55. The number of amides is 2. The summed E-state index contributed by atoms with van der Waals surface area (Å²) in [5.41, 5.74) is 1.35. The molecule has 4 heteroatoms. The standard InChI is InChI=1S/C19H30N2O2/c1-4-6-7-8-9-10-18(22)21-17-13-11-16(12-14-17)19(23)20-15(3)5-2/h11-15H,4-10H2,1-3H3,(H,20,23)(H,21,22). The number of nitrogens with one attached hydrogen (secondary N) is 2. The molecule has 0 aromatic heterocycles. The van der Waals surface area contributed by atoms with Gasteiger partial charge >= 0.3 is 0 Å². The second-order valence-corrected chi connectivity index (χ2v) is 6.07. The second kappa shape index (κ2) is 10.8. The van der Waals surface area contributed by atoms with Crippen molar-refractivity contribution >= 4 is 17.5 Å². The molecule has 1 atom stereocenters. The van der Waals surface area contributed by atoms with Gasteiger partial charge in [0.05, 0.1) is 0 Å². The van der Waals surface area contributed by atoms with Gasteiger partial charge in [0.2, 0.25) is 5.91 Å². The Morgan fingerprint density at radius 2 is 1.65 bits per heavy atom. The van der Waals surface area contributed by atoms with E-state index in [-0.39, 0.29) is 17.9 Å². The maximum absolute atomic E-state index is 12.0. The molecule has 128 valence electrons. The van der Waals surface area contributed by atoms with E-state index in [9.17, 15) is 9.59 Å². The Morgan fingerprint density at radius 3 is 2.26 bits per heavy atom. The molecule has 2 N–H and O–H groups in total. The normalized spacial score (nSPS) is 11.8. The van der Waals surface area contributed by atoms with Gasteiger partial charge in [0.25, 0.3) is 5.91 Å². The molecule has 0 heterocycles. The predicted octanol–water partition coefficient (Wildman–Crippen LogP) is 4.51. The van der Waals surface area contributed by atoms with Gasteiger partial charge in [0.1, 0.15) is 0 Å². The van der Waals surface area contributed by atoms with Crippen LogP contribution in [-0.4, -0.2) is 17.9 Å². The average molecular weight is 318 g/mol. The molecule has 23 heavy (non-hydrogen) atoms.